The standard InChI is InChI=1S/C17H19N3O4/c1-17(2)8-12-14(13(21)9-17)15(18-16(22)19(12)3)10-6-4-5-7-11(10)20(23)24/h4-7,15H,8-9H2,1-3H3,(H,18,22)/t15-/m0/s1. The highest BCUT2D eigenvalue weighted by atomic mass is 16.6. The van der Waals surface area contributed by atoms with Gasteiger partial charge >= 0.3 is 6.03 Å². The third kappa shape index (κ3) is 2.55. The number of para-hydroxylation sites is 1. The van der Waals surface area contributed by atoms with Crippen LogP contribution in [0.4, 0.5) is 10.5 Å². The molecule has 0 unspecified atom stereocenters. The molecular formula is C17H19N3O4. The monoisotopic (exact) mass is 329 g/mol. The summed E-state index contributed by atoms with van der Waals surface area (Å²) < 4.78 is 0. The fourth-order valence-electron chi connectivity index (χ4n) is 3.47. The highest BCUT2D eigenvalue weighted by molar-refractivity contribution is 6.01. The number of nitrogens with one attached hydrogen (secondary N) is 1. The first kappa shape index (κ1) is 16.2. The molecule has 2 aliphatic rings. The van der Waals surface area contributed by atoms with Crippen LogP contribution in [0.3, 0.4) is 0 Å². The second-order valence-corrected chi connectivity index (χ2v) is 7.06. The van der Waals surface area contributed by atoms with Gasteiger partial charge in [-0.15, -0.1) is 0 Å². The number of rotatable bonds is 2. The molecule has 24 heavy (non-hydrogen) atoms. The van der Waals surface area contributed by atoms with E-state index in [9.17, 15) is 19.7 Å². The maximum atomic E-state index is 12.8. The third-order valence-electron chi connectivity index (χ3n) is 4.61. The Bertz CT molecular complexity index is 782. The molecule has 0 saturated carbocycles. The summed E-state index contributed by atoms with van der Waals surface area (Å²) in [5.74, 6) is -0.0729. The van der Waals surface area contributed by atoms with Crippen molar-refractivity contribution in [3.05, 3.63) is 51.2 Å². The van der Waals surface area contributed by atoms with Gasteiger partial charge in [0.1, 0.15) is 0 Å². The number of allylic oxidation sites excluding steroid dienone is 1. The number of hydrogen-bond acceptors (Lipinski definition) is 4. The number of carbonyl (C=O) groups is 2. The van der Waals surface area contributed by atoms with Crippen LogP contribution >= 0.6 is 0 Å². The minimum absolute atomic E-state index is 0.0729. The zero-order valence-electron chi connectivity index (χ0n) is 13.8. The molecule has 0 aromatic heterocycles. The van der Waals surface area contributed by atoms with Crippen LogP contribution in [0.25, 0.3) is 0 Å². The van der Waals surface area contributed by atoms with E-state index in [0.717, 1.165) is 0 Å². The predicted octanol–water partition coefficient (Wildman–Crippen LogP) is 2.93. The Morgan fingerprint density at radius 3 is 2.58 bits per heavy atom. The van der Waals surface area contributed by atoms with Gasteiger partial charge in [-0.05, 0) is 17.9 Å². The van der Waals surface area contributed by atoms with Gasteiger partial charge < -0.3 is 10.2 Å². The molecular weight excluding hydrogens is 310 g/mol. The minimum Gasteiger partial charge on any atom is -0.326 e. The van der Waals surface area contributed by atoms with Gasteiger partial charge in [0.15, 0.2) is 5.78 Å². The largest absolute Gasteiger partial charge is 0.326 e. The van der Waals surface area contributed by atoms with Crippen LogP contribution in [0.15, 0.2) is 35.5 Å². The number of benzene rings is 1. The molecule has 0 spiro atoms. The average molecular weight is 329 g/mol. The maximum Gasteiger partial charge on any atom is 0.322 e. The van der Waals surface area contributed by atoms with E-state index in [4.69, 9.17) is 0 Å². The maximum absolute atomic E-state index is 12.8. The molecule has 1 aliphatic heterocycles. The van der Waals surface area contributed by atoms with Crippen LogP contribution in [0.1, 0.15) is 38.3 Å². The lowest BCUT2D eigenvalue weighted by molar-refractivity contribution is -0.385. The first-order chi connectivity index (χ1) is 11.2. The van der Waals surface area contributed by atoms with E-state index in [2.05, 4.69) is 5.32 Å². The van der Waals surface area contributed by atoms with Crippen molar-refractivity contribution in [1.29, 1.82) is 0 Å². The molecule has 7 heteroatoms. The number of Topliss-reactive ketones (excluding diaryl/α,β-unsaturated/α-hetero) is 1. The summed E-state index contributed by atoms with van der Waals surface area (Å²) in [5.41, 5.74) is 1.12. The van der Waals surface area contributed by atoms with Crippen LogP contribution in [-0.4, -0.2) is 28.7 Å². The molecule has 0 saturated heterocycles. The third-order valence-corrected chi connectivity index (χ3v) is 4.61. The first-order valence-electron chi connectivity index (χ1n) is 7.75. The van der Waals surface area contributed by atoms with Crippen molar-refractivity contribution in [2.24, 2.45) is 5.41 Å². The number of nitro benzene ring substituents is 1. The Morgan fingerprint density at radius 1 is 1.25 bits per heavy atom. The fraction of sp³-hybridized carbons (Fsp3) is 0.412. The number of carbonyl (C=O) groups excluding carboxylic acids is 2. The van der Waals surface area contributed by atoms with E-state index in [0.29, 0.717) is 29.7 Å². The van der Waals surface area contributed by atoms with Crippen molar-refractivity contribution < 1.29 is 14.5 Å². The second kappa shape index (κ2) is 5.43. The summed E-state index contributed by atoms with van der Waals surface area (Å²) in [5, 5.41) is 14.1. The Kier molecular flexibility index (Phi) is 3.66. The van der Waals surface area contributed by atoms with Gasteiger partial charge in [-0.2, -0.15) is 0 Å². The summed E-state index contributed by atoms with van der Waals surface area (Å²) in [6.45, 7) is 3.96. The Morgan fingerprint density at radius 2 is 1.92 bits per heavy atom. The van der Waals surface area contributed by atoms with E-state index in [1.807, 2.05) is 13.8 Å². The number of hydrogen-bond donors (Lipinski definition) is 1. The normalized spacial score (nSPS) is 23.0. The van der Waals surface area contributed by atoms with Crippen molar-refractivity contribution in [3.63, 3.8) is 0 Å². The highest BCUT2D eigenvalue weighted by Crippen LogP contribution is 2.44. The van der Waals surface area contributed by atoms with E-state index >= 15 is 0 Å². The Hall–Kier alpha value is -2.70. The second-order valence-electron chi connectivity index (χ2n) is 7.06. The van der Waals surface area contributed by atoms with Gasteiger partial charge in [0, 0.05) is 30.8 Å². The Labute approximate surface area is 139 Å². The lowest BCUT2D eigenvalue weighted by atomic mass is 9.72. The lowest BCUT2D eigenvalue weighted by Gasteiger charge is -2.41. The molecule has 1 N–H and O–H groups in total. The van der Waals surface area contributed by atoms with Crippen LogP contribution in [0, 0.1) is 15.5 Å². The molecule has 2 amide bonds. The SMILES string of the molecule is CN1C(=O)N[C@@H](c2ccccc2[N+](=O)[O-])C2=C1CC(C)(C)CC2=O. The summed E-state index contributed by atoms with van der Waals surface area (Å²) in [6, 6.07) is 5.07. The minimum atomic E-state index is -0.783. The van der Waals surface area contributed by atoms with Gasteiger partial charge in [0.05, 0.1) is 16.5 Å². The van der Waals surface area contributed by atoms with Crippen LogP contribution in [0.2, 0.25) is 0 Å². The van der Waals surface area contributed by atoms with E-state index in [1.165, 1.54) is 11.0 Å². The summed E-state index contributed by atoms with van der Waals surface area (Å²) in [7, 11) is 1.62. The number of ketones is 1. The van der Waals surface area contributed by atoms with Crippen molar-refractivity contribution in [2.45, 2.75) is 32.7 Å². The Balaban J connectivity index is 2.19. The molecule has 0 fully saturated rings. The number of nitrogens with zero attached hydrogens (tertiary/aromatic N) is 2. The first-order valence-corrected chi connectivity index (χ1v) is 7.75. The van der Waals surface area contributed by atoms with Gasteiger partial charge in [-0.25, -0.2) is 4.79 Å². The molecule has 0 radical (unpaired) electrons. The zero-order chi connectivity index (χ0) is 17.6. The number of nitro groups is 1. The topological polar surface area (TPSA) is 92.6 Å². The van der Waals surface area contributed by atoms with E-state index in [1.54, 1.807) is 25.2 Å². The van der Waals surface area contributed by atoms with Gasteiger partial charge in [-0.1, -0.05) is 26.0 Å². The average Bonchev–Trinajstić information content (AvgIpc) is 2.50. The zero-order valence-corrected chi connectivity index (χ0v) is 13.8. The quantitative estimate of drug-likeness (QED) is 0.667. The van der Waals surface area contributed by atoms with Crippen molar-refractivity contribution in [1.82, 2.24) is 10.2 Å². The molecule has 1 aromatic carbocycles. The van der Waals surface area contributed by atoms with Crippen LogP contribution < -0.4 is 5.32 Å². The smallest absolute Gasteiger partial charge is 0.322 e. The van der Waals surface area contributed by atoms with Gasteiger partial charge in [-0.3, -0.25) is 14.9 Å². The molecule has 126 valence electrons. The molecule has 3 rings (SSSR count). The lowest BCUT2D eigenvalue weighted by Crippen LogP contribution is -2.49. The van der Waals surface area contributed by atoms with Crippen LogP contribution in [-0.2, 0) is 4.79 Å². The fourth-order valence-corrected chi connectivity index (χ4v) is 3.47. The van der Waals surface area contributed by atoms with Crippen molar-refractivity contribution in [2.75, 3.05) is 7.05 Å². The molecule has 7 nitrogen and oxygen atoms in total. The molecule has 1 aromatic rings. The van der Waals surface area contributed by atoms with Crippen molar-refractivity contribution in [3.8, 4) is 0 Å². The van der Waals surface area contributed by atoms with Gasteiger partial charge in [0.2, 0.25) is 0 Å². The molecule has 1 atom stereocenters. The molecule has 0 bridgehead atoms. The molecule has 1 heterocycles. The summed E-state index contributed by atoms with van der Waals surface area (Å²) in [4.78, 5) is 37.4. The summed E-state index contributed by atoms with van der Waals surface area (Å²) >= 11 is 0. The van der Waals surface area contributed by atoms with Gasteiger partial charge in [0.25, 0.3) is 5.69 Å². The molecule has 1 aliphatic carbocycles. The predicted molar refractivity (Wildman–Crippen MR) is 87.2 cm³/mol. The number of urea groups is 1. The van der Waals surface area contributed by atoms with Crippen molar-refractivity contribution >= 4 is 17.5 Å². The number of amides is 2. The van der Waals surface area contributed by atoms with E-state index in [-0.39, 0.29) is 22.9 Å². The van der Waals surface area contributed by atoms with E-state index < -0.39 is 11.0 Å². The highest BCUT2D eigenvalue weighted by Gasteiger charge is 2.44. The van der Waals surface area contributed by atoms with Crippen LogP contribution in [0.5, 0.6) is 0 Å². The summed E-state index contributed by atoms with van der Waals surface area (Å²) in [6.07, 6.45) is 0.932.